The lowest BCUT2D eigenvalue weighted by atomic mass is 10.2. The number of fused-ring (bicyclic) bond motifs is 1. The van der Waals surface area contributed by atoms with Gasteiger partial charge in [-0.3, -0.25) is 4.68 Å². The van der Waals surface area contributed by atoms with Crippen molar-refractivity contribution < 1.29 is 4.42 Å². The predicted molar refractivity (Wildman–Crippen MR) is 64.4 cm³/mol. The molecule has 0 unspecified atom stereocenters. The number of nitrogens with zero attached hydrogens (tertiary/aromatic N) is 3. The van der Waals surface area contributed by atoms with Crippen molar-refractivity contribution in [3.05, 3.63) is 42.1 Å². The summed E-state index contributed by atoms with van der Waals surface area (Å²) in [5.41, 5.74) is 8.16. The molecule has 17 heavy (non-hydrogen) atoms. The van der Waals surface area contributed by atoms with Crippen LogP contribution in [0.3, 0.4) is 0 Å². The third-order valence-corrected chi connectivity index (χ3v) is 2.70. The number of hydrogen-bond donors (Lipinski definition) is 1. The summed E-state index contributed by atoms with van der Waals surface area (Å²) < 4.78 is 7.08. The van der Waals surface area contributed by atoms with Gasteiger partial charge in [0.25, 0.3) is 0 Å². The lowest BCUT2D eigenvalue weighted by Crippen LogP contribution is -1.93. The van der Waals surface area contributed by atoms with Crippen molar-refractivity contribution in [2.24, 2.45) is 7.05 Å². The van der Waals surface area contributed by atoms with Crippen LogP contribution >= 0.6 is 0 Å². The molecular formula is C12H12N4O. The smallest absolute Gasteiger partial charge is 0.157 e. The van der Waals surface area contributed by atoms with Crippen molar-refractivity contribution in [3.8, 4) is 0 Å². The first kappa shape index (κ1) is 9.89. The third-order valence-electron chi connectivity index (χ3n) is 2.70. The summed E-state index contributed by atoms with van der Waals surface area (Å²) in [7, 11) is 1.87. The number of hydrogen-bond acceptors (Lipinski definition) is 4. The third kappa shape index (κ3) is 1.65. The summed E-state index contributed by atoms with van der Waals surface area (Å²) in [6, 6.07) is 5.70. The molecule has 5 heteroatoms. The van der Waals surface area contributed by atoms with E-state index in [2.05, 4.69) is 10.1 Å². The molecule has 0 aliphatic carbocycles. The van der Waals surface area contributed by atoms with Crippen molar-refractivity contribution in [1.29, 1.82) is 0 Å². The normalized spacial score (nSPS) is 11.1. The van der Waals surface area contributed by atoms with Crippen molar-refractivity contribution in [2.45, 2.75) is 6.42 Å². The molecule has 5 nitrogen and oxygen atoms in total. The second-order valence-corrected chi connectivity index (χ2v) is 3.97. The molecule has 3 heterocycles. The molecule has 0 aromatic carbocycles. The largest absolute Gasteiger partial charge is 0.469 e. The van der Waals surface area contributed by atoms with Crippen LogP contribution in [0.15, 0.2) is 35.1 Å². The first-order valence-corrected chi connectivity index (χ1v) is 5.33. The zero-order chi connectivity index (χ0) is 11.8. The van der Waals surface area contributed by atoms with Crippen molar-refractivity contribution in [2.75, 3.05) is 5.73 Å². The number of aromatic nitrogens is 3. The van der Waals surface area contributed by atoms with Crippen LogP contribution in [0.5, 0.6) is 0 Å². The molecule has 86 valence electrons. The Morgan fingerprint density at radius 1 is 1.47 bits per heavy atom. The van der Waals surface area contributed by atoms with Gasteiger partial charge in [-0.1, -0.05) is 0 Å². The maximum Gasteiger partial charge on any atom is 0.157 e. The van der Waals surface area contributed by atoms with Crippen LogP contribution in [-0.4, -0.2) is 14.8 Å². The standard InChI is InChI=1S/C12H12N4O/c1-16-12-10(5-8(13)7-14-12)11(15-16)6-9-3-2-4-17-9/h2-5,7H,6,13H2,1H3. The molecule has 3 aromatic rings. The highest BCUT2D eigenvalue weighted by Gasteiger charge is 2.11. The van der Waals surface area contributed by atoms with E-state index in [1.54, 1.807) is 17.1 Å². The Kier molecular flexibility index (Phi) is 2.11. The van der Waals surface area contributed by atoms with Gasteiger partial charge in [-0.2, -0.15) is 5.10 Å². The van der Waals surface area contributed by atoms with Crippen LogP contribution in [0.2, 0.25) is 0 Å². The summed E-state index contributed by atoms with van der Waals surface area (Å²) in [6.07, 6.45) is 3.95. The summed E-state index contributed by atoms with van der Waals surface area (Å²) in [6.45, 7) is 0. The number of aryl methyl sites for hydroxylation is 1. The Balaban J connectivity index is 2.13. The Morgan fingerprint density at radius 2 is 2.35 bits per heavy atom. The van der Waals surface area contributed by atoms with Crippen LogP contribution in [0.4, 0.5) is 5.69 Å². The average Bonchev–Trinajstić information content (AvgIpc) is 2.89. The molecule has 0 aliphatic rings. The molecule has 0 spiro atoms. The van der Waals surface area contributed by atoms with Gasteiger partial charge in [0.05, 0.1) is 30.3 Å². The molecule has 0 aliphatic heterocycles. The SMILES string of the molecule is Cn1nc(Cc2ccco2)c2cc(N)cnc21. The van der Waals surface area contributed by atoms with E-state index in [0.29, 0.717) is 12.1 Å². The van der Waals surface area contributed by atoms with Crippen molar-refractivity contribution >= 4 is 16.7 Å². The van der Waals surface area contributed by atoms with Gasteiger partial charge in [0.2, 0.25) is 0 Å². The van der Waals surface area contributed by atoms with E-state index in [1.165, 1.54) is 0 Å². The number of furan rings is 1. The van der Waals surface area contributed by atoms with Gasteiger partial charge >= 0.3 is 0 Å². The number of anilines is 1. The number of rotatable bonds is 2. The number of nitrogen functional groups attached to an aromatic ring is 1. The van der Waals surface area contributed by atoms with Crippen LogP contribution in [0.1, 0.15) is 11.5 Å². The van der Waals surface area contributed by atoms with Gasteiger partial charge in [0.15, 0.2) is 5.65 Å². The number of pyridine rings is 1. The van der Waals surface area contributed by atoms with E-state index in [9.17, 15) is 0 Å². The van der Waals surface area contributed by atoms with E-state index in [-0.39, 0.29) is 0 Å². The molecule has 2 N–H and O–H groups in total. The van der Waals surface area contributed by atoms with Crippen molar-refractivity contribution in [1.82, 2.24) is 14.8 Å². The summed E-state index contributed by atoms with van der Waals surface area (Å²) in [5, 5.41) is 5.42. The second-order valence-electron chi connectivity index (χ2n) is 3.97. The minimum atomic E-state index is 0.645. The maximum absolute atomic E-state index is 5.75. The Bertz CT molecular complexity index is 655. The molecule has 0 radical (unpaired) electrons. The topological polar surface area (TPSA) is 69.9 Å². The van der Waals surface area contributed by atoms with E-state index in [4.69, 9.17) is 10.2 Å². The maximum atomic E-state index is 5.75. The van der Waals surface area contributed by atoms with Gasteiger partial charge in [-0.25, -0.2) is 4.98 Å². The minimum absolute atomic E-state index is 0.645. The van der Waals surface area contributed by atoms with E-state index < -0.39 is 0 Å². The lowest BCUT2D eigenvalue weighted by molar-refractivity contribution is 0.518. The molecular weight excluding hydrogens is 216 g/mol. The summed E-state index contributed by atoms with van der Waals surface area (Å²) >= 11 is 0. The molecule has 0 fully saturated rings. The summed E-state index contributed by atoms with van der Waals surface area (Å²) in [4.78, 5) is 4.28. The van der Waals surface area contributed by atoms with Gasteiger partial charge in [0, 0.05) is 12.4 Å². The Morgan fingerprint density at radius 3 is 3.12 bits per heavy atom. The molecule has 3 aromatic heterocycles. The lowest BCUT2D eigenvalue weighted by Gasteiger charge is -1.95. The first-order valence-electron chi connectivity index (χ1n) is 5.33. The van der Waals surface area contributed by atoms with Crippen LogP contribution in [-0.2, 0) is 13.5 Å². The zero-order valence-corrected chi connectivity index (χ0v) is 9.42. The molecule has 0 bridgehead atoms. The van der Waals surface area contributed by atoms with Gasteiger partial charge in [-0.05, 0) is 18.2 Å². The summed E-state index contributed by atoms with van der Waals surface area (Å²) in [5.74, 6) is 0.882. The monoisotopic (exact) mass is 228 g/mol. The predicted octanol–water partition coefficient (Wildman–Crippen LogP) is 1.73. The van der Waals surface area contributed by atoms with Gasteiger partial charge in [0.1, 0.15) is 5.76 Å². The number of nitrogens with two attached hydrogens (primary N) is 1. The molecule has 0 saturated heterocycles. The van der Waals surface area contributed by atoms with Crippen LogP contribution in [0, 0.1) is 0 Å². The Hall–Kier alpha value is -2.30. The van der Waals surface area contributed by atoms with E-state index in [0.717, 1.165) is 22.5 Å². The second kappa shape index (κ2) is 3.62. The van der Waals surface area contributed by atoms with Gasteiger partial charge < -0.3 is 10.2 Å². The molecule has 0 saturated carbocycles. The fourth-order valence-electron chi connectivity index (χ4n) is 1.94. The van der Waals surface area contributed by atoms with Crippen molar-refractivity contribution in [3.63, 3.8) is 0 Å². The fourth-order valence-corrected chi connectivity index (χ4v) is 1.94. The fraction of sp³-hybridized carbons (Fsp3) is 0.167. The average molecular weight is 228 g/mol. The highest BCUT2D eigenvalue weighted by molar-refractivity contribution is 5.81. The van der Waals surface area contributed by atoms with E-state index in [1.807, 2.05) is 25.2 Å². The van der Waals surface area contributed by atoms with Crippen LogP contribution in [0.25, 0.3) is 11.0 Å². The highest BCUT2D eigenvalue weighted by atomic mass is 16.3. The molecule has 0 amide bonds. The highest BCUT2D eigenvalue weighted by Crippen LogP contribution is 2.21. The minimum Gasteiger partial charge on any atom is -0.469 e. The molecule has 3 rings (SSSR count). The molecule has 0 atom stereocenters. The first-order chi connectivity index (χ1) is 8.24. The van der Waals surface area contributed by atoms with Crippen LogP contribution < -0.4 is 5.73 Å². The zero-order valence-electron chi connectivity index (χ0n) is 9.42. The van der Waals surface area contributed by atoms with E-state index >= 15 is 0 Å². The quantitative estimate of drug-likeness (QED) is 0.725. The van der Waals surface area contributed by atoms with Gasteiger partial charge in [-0.15, -0.1) is 0 Å². The Labute approximate surface area is 97.9 Å².